The van der Waals surface area contributed by atoms with Crippen molar-refractivity contribution in [1.29, 1.82) is 0 Å². The fourth-order valence-electron chi connectivity index (χ4n) is 3.62. The average Bonchev–Trinajstić information content (AvgIpc) is 2.81. The third-order valence-electron chi connectivity index (χ3n) is 4.83. The van der Waals surface area contributed by atoms with Crippen LogP contribution in [0.4, 0.5) is 8.78 Å². The predicted octanol–water partition coefficient (Wildman–Crippen LogP) is 4.51. The first-order valence-corrected chi connectivity index (χ1v) is 8.82. The van der Waals surface area contributed by atoms with Gasteiger partial charge in [-0.25, -0.2) is 8.78 Å². The van der Waals surface area contributed by atoms with E-state index in [4.69, 9.17) is 4.74 Å². The Balaban J connectivity index is 1.78. The van der Waals surface area contributed by atoms with E-state index in [0.717, 1.165) is 12.1 Å². The van der Waals surface area contributed by atoms with E-state index in [1.165, 1.54) is 12.1 Å². The third-order valence-corrected chi connectivity index (χ3v) is 4.83. The molecule has 0 amide bonds. The van der Waals surface area contributed by atoms with E-state index in [-0.39, 0.29) is 11.7 Å². The first kappa shape index (κ1) is 17.5. The molecule has 27 heavy (non-hydrogen) atoms. The lowest BCUT2D eigenvalue weighted by Gasteiger charge is -2.20. The van der Waals surface area contributed by atoms with Crippen LogP contribution in [0.1, 0.15) is 29.0 Å². The van der Waals surface area contributed by atoms with Crippen molar-refractivity contribution in [1.82, 2.24) is 15.1 Å². The number of fused-ring (bicyclic) bond motifs is 1. The summed E-state index contributed by atoms with van der Waals surface area (Å²) in [5.41, 5.74) is 1.86. The second-order valence-corrected chi connectivity index (χ2v) is 6.74. The zero-order valence-electron chi connectivity index (χ0n) is 14.9. The number of rotatable bonds is 3. The molecule has 2 aromatic carbocycles. The summed E-state index contributed by atoms with van der Waals surface area (Å²) in [6, 6.07) is 13.1. The van der Waals surface area contributed by atoms with Crippen molar-refractivity contribution in [3.8, 4) is 11.6 Å². The smallest absolute Gasteiger partial charge is 0.238 e. The Labute approximate surface area is 156 Å². The molecular weight excluding hydrogens is 348 g/mol. The molecule has 6 heteroatoms. The Kier molecular flexibility index (Phi) is 4.81. The van der Waals surface area contributed by atoms with Crippen LogP contribution in [0.3, 0.4) is 0 Å². The van der Waals surface area contributed by atoms with Crippen LogP contribution in [0, 0.1) is 11.6 Å². The fourth-order valence-corrected chi connectivity index (χ4v) is 3.62. The Morgan fingerprint density at radius 2 is 1.93 bits per heavy atom. The summed E-state index contributed by atoms with van der Waals surface area (Å²) < 4.78 is 35.2. The molecule has 0 N–H and O–H groups in total. The van der Waals surface area contributed by atoms with Gasteiger partial charge in [0.2, 0.25) is 5.88 Å². The maximum atomic E-state index is 15.2. The molecule has 1 unspecified atom stereocenters. The van der Waals surface area contributed by atoms with Gasteiger partial charge in [0, 0.05) is 36.4 Å². The largest absolute Gasteiger partial charge is 0.437 e. The minimum Gasteiger partial charge on any atom is -0.437 e. The average molecular weight is 367 g/mol. The zero-order chi connectivity index (χ0) is 18.8. The van der Waals surface area contributed by atoms with Gasteiger partial charge in [-0.3, -0.25) is 0 Å². The Morgan fingerprint density at radius 1 is 1.07 bits per heavy atom. The van der Waals surface area contributed by atoms with Crippen molar-refractivity contribution >= 4 is 0 Å². The van der Waals surface area contributed by atoms with E-state index in [9.17, 15) is 4.39 Å². The number of benzene rings is 2. The number of hydrogen-bond donors (Lipinski definition) is 0. The van der Waals surface area contributed by atoms with Crippen molar-refractivity contribution in [2.75, 3.05) is 13.6 Å². The number of nitrogens with zero attached hydrogens (tertiary/aromatic N) is 3. The van der Waals surface area contributed by atoms with Gasteiger partial charge in [0.05, 0.1) is 0 Å². The highest BCUT2D eigenvalue weighted by Crippen LogP contribution is 2.38. The van der Waals surface area contributed by atoms with Crippen LogP contribution in [0.25, 0.3) is 0 Å². The van der Waals surface area contributed by atoms with Crippen LogP contribution < -0.4 is 4.74 Å². The summed E-state index contributed by atoms with van der Waals surface area (Å²) in [5.74, 6) is -0.386. The first-order valence-electron chi connectivity index (χ1n) is 8.82. The molecule has 1 aromatic heterocycles. The van der Waals surface area contributed by atoms with E-state index in [1.807, 2.05) is 13.1 Å². The van der Waals surface area contributed by atoms with Crippen molar-refractivity contribution in [3.05, 3.63) is 83.1 Å². The molecular formula is C21H19F2N3O. The lowest BCUT2D eigenvalue weighted by atomic mass is 9.86. The Bertz CT molecular complexity index is 949. The molecule has 0 saturated heterocycles. The standard InChI is InChI=1S/C21H19F2N3O/c1-26-10-8-17(16-5-2-3-6-18(16)22)21-14(13-26)11-15(12-19(21)23)27-20-7-4-9-24-25-20/h2-7,9,11-12,17H,8,10,13H2,1H3. The SMILES string of the molecule is CN1CCC(c2ccccc2F)c2c(F)cc(Oc3cccnn3)cc2C1. The van der Waals surface area contributed by atoms with E-state index in [1.54, 1.807) is 36.5 Å². The van der Waals surface area contributed by atoms with Gasteiger partial charge in [-0.05, 0) is 49.3 Å². The van der Waals surface area contributed by atoms with Crippen LogP contribution in [-0.4, -0.2) is 28.7 Å². The molecule has 2 heterocycles. The molecule has 3 aromatic rings. The molecule has 1 atom stereocenters. The highest BCUT2D eigenvalue weighted by atomic mass is 19.1. The topological polar surface area (TPSA) is 38.2 Å². The van der Waals surface area contributed by atoms with Gasteiger partial charge >= 0.3 is 0 Å². The van der Waals surface area contributed by atoms with Gasteiger partial charge in [0.15, 0.2) is 0 Å². The fraction of sp³-hybridized carbons (Fsp3) is 0.238. The second kappa shape index (κ2) is 7.40. The number of aromatic nitrogens is 2. The third kappa shape index (κ3) is 3.66. The highest BCUT2D eigenvalue weighted by Gasteiger charge is 2.28. The molecule has 4 nitrogen and oxygen atoms in total. The maximum absolute atomic E-state index is 15.2. The van der Waals surface area contributed by atoms with Crippen LogP contribution in [0.5, 0.6) is 11.6 Å². The van der Waals surface area contributed by atoms with Gasteiger partial charge in [0.25, 0.3) is 0 Å². The summed E-state index contributed by atoms with van der Waals surface area (Å²) >= 11 is 0. The van der Waals surface area contributed by atoms with Crippen LogP contribution >= 0.6 is 0 Å². The van der Waals surface area contributed by atoms with Gasteiger partial charge in [0.1, 0.15) is 17.4 Å². The molecule has 0 saturated carbocycles. The number of ether oxygens (including phenoxy) is 1. The van der Waals surface area contributed by atoms with Crippen LogP contribution in [-0.2, 0) is 6.54 Å². The van der Waals surface area contributed by atoms with Crippen LogP contribution in [0.2, 0.25) is 0 Å². The molecule has 4 rings (SSSR count). The first-order chi connectivity index (χ1) is 13.1. The quantitative estimate of drug-likeness (QED) is 0.682. The minimum absolute atomic E-state index is 0.296. The maximum Gasteiger partial charge on any atom is 0.238 e. The minimum atomic E-state index is -0.394. The second-order valence-electron chi connectivity index (χ2n) is 6.74. The summed E-state index contributed by atoms with van der Waals surface area (Å²) in [7, 11) is 1.97. The zero-order valence-corrected chi connectivity index (χ0v) is 14.9. The van der Waals surface area contributed by atoms with Gasteiger partial charge in [-0.1, -0.05) is 18.2 Å². The summed E-state index contributed by atoms with van der Waals surface area (Å²) in [6.45, 7) is 1.31. The Morgan fingerprint density at radius 3 is 2.70 bits per heavy atom. The van der Waals surface area contributed by atoms with Gasteiger partial charge in [-0.2, -0.15) is 5.10 Å². The molecule has 0 bridgehead atoms. The molecule has 0 aliphatic carbocycles. The highest BCUT2D eigenvalue weighted by molar-refractivity contribution is 5.45. The van der Waals surface area contributed by atoms with E-state index >= 15 is 4.39 Å². The number of halogens is 2. The van der Waals surface area contributed by atoms with E-state index < -0.39 is 5.82 Å². The lowest BCUT2D eigenvalue weighted by Crippen LogP contribution is -2.17. The molecule has 1 aliphatic heterocycles. The summed E-state index contributed by atoms with van der Waals surface area (Å²) in [5, 5.41) is 7.63. The van der Waals surface area contributed by atoms with Crippen molar-refractivity contribution in [3.63, 3.8) is 0 Å². The monoisotopic (exact) mass is 367 g/mol. The summed E-state index contributed by atoms with van der Waals surface area (Å²) in [4.78, 5) is 2.10. The molecule has 0 fully saturated rings. The van der Waals surface area contributed by atoms with Gasteiger partial charge < -0.3 is 9.64 Å². The van der Waals surface area contributed by atoms with Gasteiger partial charge in [-0.15, -0.1) is 5.10 Å². The molecule has 0 spiro atoms. The van der Waals surface area contributed by atoms with Crippen molar-refractivity contribution in [2.24, 2.45) is 0 Å². The normalized spacial score (nSPS) is 17.2. The predicted molar refractivity (Wildman–Crippen MR) is 97.7 cm³/mol. The van der Waals surface area contributed by atoms with Crippen LogP contribution in [0.15, 0.2) is 54.7 Å². The number of hydrogen-bond acceptors (Lipinski definition) is 4. The molecule has 1 aliphatic rings. The van der Waals surface area contributed by atoms with E-state index in [0.29, 0.717) is 35.7 Å². The Hall–Kier alpha value is -2.86. The lowest BCUT2D eigenvalue weighted by molar-refractivity contribution is 0.327. The van der Waals surface area contributed by atoms with Crippen molar-refractivity contribution in [2.45, 2.75) is 18.9 Å². The summed E-state index contributed by atoms with van der Waals surface area (Å²) in [6.07, 6.45) is 2.18. The van der Waals surface area contributed by atoms with E-state index in [2.05, 4.69) is 15.1 Å². The molecule has 0 radical (unpaired) electrons. The van der Waals surface area contributed by atoms with Crippen molar-refractivity contribution < 1.29 is 13.5 Å². The molecule has 138 valence electrons.